The first-order valence-electron chi connectivity index (χ1n) is 11.6. The molecule has 0 radical (unpaired) electrons. The molecule has 1 aromatic heterocycles. The number of piperazine rings is 1. The Balaban J connectivity index is 1.31. The second kappa shape index (κ2) is 11.0. The Kier molecular flexibility index (Phi) is 7.62. The summed E-state index contributed by atoms with van der Waals surface area (Å²) in [4.78, 5) is 42.0. The average Bonchev–Trinajstić information content (AvgIpc) is 3.41. The van der Waals surface area contributed by atoms with Crippen LogP contribution < -0.4 is 5.32 Å². The molecule has 182 valence electrons. The third kappa shape index (κ3) is 6.16. The van der Waals surface area contributed by atoms with Gasteiger partial charge in [0.1, 0.15) is 0 Å². The van der Waals surface area contributed by atoms with Crippen LogP contribution in [0.25, 0.3) is 0 Å². The molecule has 3 aromatic rings. The predicted octanol–water partition coefficient (Wildman–Crippen LogP) is 3.73. The highest BCUT2D eigenvalue weighted by Crippen LogP contribution is 2.20. The van der Waals surface area contributed by atoms with Gasteiger partial charge in [0.05, 0.1) is 11.8 Å². The lowest BCUT2D eigenvalue weighted by Gasteiger charge is -2.35. The van der Waals surface area contributed by atoms with Crippen LogP contribution in [0.3, 0.4) is 0 Å². The summed E-state index contributed by atoms with van der Waals surface area (Å²) in [5.41, 5.74) is 2.73. The van der Waals surface area contributed by atoms with Crippen LogP contribution in [0.4, 0.5) is 5.69 Å². The minimum atomic E-state index is -0.911. The average molecular weight is 476 g/mol. The maximum atomic E-state index is 12.9. The SMILES string of the molecule is Cc1ccc(C(=O)O[C@H](C)C(=O)N2CCN(Cc3ccccc3)CC2)cc1NC(=O)c1ccco1. The highest BCUT2D eigenvalue weighted by atomic mass is 16.5. The van der Waals surface area contributed by atoms with Gasteiger partial charge in [0.25, 0.3) is 11.8 Å². The van der Waals surface area contributed by atoms with E-state index in [0.717, 1.165) is 25.2 Å². The van der Waals surface area contributed by atoms with Crippen molar-refractivity contribution in [1.29, 1.82) is 0 Å². The maximum Gasteiger partial charge on any atom is 0.338 e. The molecular formula is C27H29N3O5. The molecule has 4 rings (SSSR count). The summed E-state index contributed by atoms with van der Waals surface area (Å²) in [6, 6.07) is 18.3. The normalized spacial score (nSPS) is 14.9. The molecule has 1 aliphatic heterocycles. The first-order valence-corrected chi connectivity index (χ1v) is 11.6. The van der Waals surface area contributed by atoms with Gasteiger partial charge in [-0.1, -0.05) is 36.4 Å². The van der Waals surface area contributed by atoms with E-state index in [4.69, 9.17) is 9.15 Å². The maximum absolute atomic E-state index is 12.9. The molecule has 2 amide bonds. The van der Waals surface area contributed by atoms with E-state index in [2.05, 4.69) is 22.3 Å². The number of nitrogens with one attached hydrogen (secondary N) is 1. The number of carbonyl (C=O) groups excluding carboxylic acids is 3. The fourth-order valence-electron chi connectivity index (χ4n) is 3.98. The van der Waals surface area contributed by atoms with Gasteiger partial charge in [0, 0.05) is 38.4 Å². The first-order chi connectivity index (χ1) is 16.9. The van der Waals surface area contributed by atoms with Gasteiger partial charge in [-0.05, 0) is 49.2 Å². The number of esters is 1. The molecule has 1 N–H and O–H groups in total. The topological polar surface area (TPSA) is 92.1 Å². The largest absolute Gasteiger partial charge is 0.459 e. The number of amides is 2. The number of nitrogens with zero attached hydrogens (tertiary/aromatic N) is 2. The van der Waals surface area contributed by atoms with E-state index < -0.39 is 18.0 Å². The standard InChI is InChI=1S/C27H29N3O5/c1-19-10-11-22(17-23(19)28-25(31)24-9-6-16-34-24)27(33)35-20(2)26(32)30-14-12-29(13-15-30)18-21-7-4-3-5-8-21/h3-11,16-17,20H,12-15,18H2,1-2H3,(H,28,31)/t20-/m1/s1. The Morgan fingerprint density at radius 1 is 1.00 bits per heavy atom. The van der Waals surface area contributed by atoms with Gasteiger partial charge < -0.3 is 19.4 Å². The Morgan fingerprint density at radius 2 is 1.74 bits per heavy atom. The molecule has 1 aliphatic rings. The smallest absolute Gasteiger partial charge is 0.338 e. The monoisotopic (exact) mass is 475 g/mol. The molecule has 1 fully saturated rings. The quantitative estimate of drug-likeness (QED) is 0.524. The summed E-state index contributed by atoms with van der Waals surface area (Å²) in [6.07, 6.45) is 0.502. The van der Waals surface area contributed by atoms with Crippen LogP contribution in [0.1, 0.15) is 39.0 Å². The fraction of sp³-hybridized carbons (Fsp3) is 0.296. The molecule has 0 spiro atoms. The van der Waals surface area contributed by atoms with Crippen LogP contribution in [0.2, 0.25) is 0 Å². The Labute approximate surface area is 204 Å². The van der Waals surface area contributed by atoms with E-state index in [1.807, 2.05) is 25.1 Å². The molecule has 1 atom stereocenters. The van der Waals surface area contributed by atoms with E-state index >= 15 is 0 Å². The van der Waals surface area contributed by atoms with Gasteiger partial charge in [0.2, 0.25) is 0 Å². The van der Waals surface area contributed by atoms with Crippen molar-refractivity contribution in [2.75, 3.05) is 31.5 Å². The molecular weight excluding hydrogens is 446 g/mol. The molecule has 8 heteroatoms. The number of hydrogen-bond donors (Lipinski definition) is 1. The van der Waals surface area contributed by atoms with Crippen molar-refractivity contribution < 1.29 is 23.5 Å². The zero-order chi connectivity index (χ0) is 24.8. The van der Waals surface area contributed by atoms with Crippen molar-refractivity contribution in [3.8, 4) is 0 Å². The zero-order valence-electron chi connectivity index (χ0n) is 19.9. The second-order valence-electron chi connectivity index (χ2n) is 8.60. The minimum absolute atomic E-state index is 0.167. The predicted molar refractivity (Wildman–Crippen MR) is 131 cm³/mol. The number of furan rings is 1. The second-order valence-corrected chi connectivity index (χ2v) is 8.60. The van der Waals surface area contributed by atoms with E-state index in [1.54, 1.807) is 36.1 Å². The van der Waals surface area contributed by atoms with Gasteiger partial charge in [0.15, 0.2) is 11.9 Å². The molecule has 1 saturated heterocycles. The van der Waals surface area contributed by atoms with Crippen molar-refractivity contribution in [3.63, 3.8) is 0 Å². The van der Waals surface area contributed by atoms with Crippen LogP contribution >= 0.6 is 0 Å². The van der Waals surface area contributed by atoms with Crippen molar-refractivity contribution in [1.82, 2.24) is 9.80 Å². The van der Waals surface area contributed by atoms with Gasteiger partial charge in [-0.2, -0.15) is 0 Å². The van der Waals surface area contributed by atoms with Gasteiger partial charge in [-0.15, -0.1) is 0 Å². The highest BCUT2D eigenvalue weighted by Gasteiger charge is 2.27. The summed E-state index contributed by atoms with van der Waals surface area (Å²) >= 11 is 0. The zero-order valence-corrected chi connectivity index (χ0v) is 19.9. The lowest BCUT2D eigenvalue weighted by molar-refractivity contribution is -0.141. The van der Waals surface area contributed by atoms with Crippen LogP contribution in [0, 0.1) is 6.92 Å². The molecule has 8 nitrogen and oxygen atoms in total. The number of benzene rings is 2. The third-order valence-corrected chi connectivity index (χ3v) is 6.03. The van der Waals surface area contributed by atoms with Crippen molar-refractivity contribution in [2.24, 2.45) is 0 Å². The third-order valence-electron chi connectivity index (χ3n) is 6.03. The summed E-state index contributed by atoms with van der Waals surface area (Å²) in [6.45, 7) is 6.94. The van der Waals surface area contributed by atoms with Crippen LogP contribution in [0.15, 0.2) is 71.3 Å². The Hall–Kier alpha value is -3.91. The van der Waals surface area contributed by atoms with E-state index in [-0.39, 0.29) is 17.2 Å². The van der Waals surface area contributed by atoms with Crippen LogP contribution in [-0.4, -0.2) is 59.9 Å². The fourth-order valence-corrected chi connectivity index (χ4v) is 3.98. The number of aryl methyl sites for hydroxylation is 1. The van der Waals surface area contributed by atoms with E-state index in [0.29, 0.717) is 18.8 Å². The molecule has 0 aliphatic carbocycles. The molecule has 2 aromatic carbocycles. The van der Waals surface area contributed by atoms with Gasteiger partial charge >= 0.3 is 5.97 Å². The number of rotatable bonds is 7. The summed E-state index contributed by atoms with van der Waals surface area (Å²) < 4.78 is 10.6. The van der Waals surface area contributed by atoms with Crippen molar-refractivity contribution in [2.45, 2.75) is 26.5 Å². The summed E-state index contributed by atoms with van der Waals surface area (Å²) in [5.74, 6) is -1.09. The Bertz CT molecular complexity index is 1170. The summed E-state index contributed by atoms with van der Waals surface area (Å²) in [5, 5.41) is 2.74. The molecule has 35 heavy (non-hydrogen) atoms. The molecule has 2 heterocycles. The van der Waals surface area contributed by atoms with Crippen LogP contribution in [-0.2, 0) is 16.1 Å². The van der Waals surface area contributed by atoms with Gasteiger partial charge in [-0.25, -0.2) is 4.79 Å². The van der Waals surface area contributed by atoms with Crippen molar-refractivity contribution in [3.05, 3.63) is 89.4 Å². The van der Waals surface area contributed by atoms with E-state index in [1.165, 1.54) is 17.9 Å². The number of anilines is 1. The van der Waals surface area contributed by atoms with E-state index in [9.17, 15) is 14.4 Å². The molecule has 0 bridgehead atoms. The summed E-state index contributed by atoms with van der Waals surface area (Å²) in [7, 11) is 0. The minimum Gasteiger partial charge on any atom is -0.459 e. The lowest BCUT2D eigenvalue weighted by atomic mass is 10.1. The van der Waals surface area contributed by atoms with Crippen molar-refractivity contribution >= 4 is 23.5 Å². The number of ether oxygens (including phenoxy) is 1. The van der Waals surface area contributed by atoms with Crippen LogP contribution in [0.5, 0.6) is 0 Å². The van der Waals surface area contributed by atoms with Gasteiger partial charge in [-0.3, -0.25) is 14.5 Å². The number of carbonyl (C=O) groups is 3. The highest BCUT2D eigenvalue weighted by molar-refractivity contribution is 6.03. The molecule has 0 saturated carbocycles. The Morgan fingerprint density at radius 3 is 2.43 bits per heavy atom. The number of hydrogen-bond acceptors (Lipinski definition) is 6. The lowest BCUT2D eigenvalue weighted by Crippen LogP contribution is -2.51. The molecule has 0 unspecified atom stereocenters. The first kappa shape index (κ1) is 24.2.